The summed E-state index contributed by atoms with van der Waals surface area (Å²) in [4.78, 5) is 11.6. The summed E-state index contributed by atoms with van der Waals surface area (Å²) in [5, 5.41) is 10.4. The number of carbonyl (C=O) groups excluding carboxylic acids is 1. The van der Waals surface area contributed by atoms with Gasteiger partial charge in [0.05, 0.1) is 30.5 Å². The third-order valence-electron chi connectivity index (χ3n) is 6.35. The van der Waals surface area contributed by atoms with Gasteiger partial charge in [0.25, 0.3) is 0 Å². The van der Waals surface area contributed by atoms with Crippen molar-refractivity contribution >= 4 is 5.78 Å². The average molecular weight is 354 g/mol. The molecule has 3 aliphatic rings. The molecule has 0 aromatic rings. The molecular weight excluding hydrogens is 320 g/mol. The minimum Gasteiger partial charge on any atom is -0.390 e. The standard InChI is InChI=1S/C20H34O5/c1-6-15-11(2)7-17-19(23-15)13(4)10-20(25-17)9-12(3)18(22)16(24-20)8-14(5)21/h11-13,15-19,22H,6-10H2,1-5H3/t11-,12+,13+,15-,16+,17+,18+,19+,20-/m1/s1. The number of rotatable bonds is 3. The molecule has 0 aromatic heterocycles. The van der Waals surface area contributed by atoms with Crippen LogP contribution in [0.1, 0.15) is 66.7 Å². The summed E-state index contributed by atoms with van der Waals surface area (Å²) in [5.74, 6) is 0.193. The van der Waals surface area contributed by atoms with Crippen molar-refractivity contribution in [3.63, 3.8) is 0 Å². The Kier molecular flexibility index (Phi) is 5.60. The van der Waals surface area contributed by atoms with Gasteiger partial charge in [-0.15, -0.1) is 0 Å². The second kappa shape index (κ2) is 7.26. The van der Waals surface area contributed by atoms with Crippen molar-refractivity contribution in [1.82, 2.24) is 0 Å². The lowest BCUT2D eigenvalue weighted by Crippen LogP contribution is -2.62. The zero-order valence-electron chi connectivity index (χ0n) is 16.2. The highest BCUT2D eigenvalue weighted by atomic mass is 16.7. The molecule has 3 saturated heterocycles. The number of carbonyl (C=O) groups is 1. The summed E-state index contributed by atoms with van der Waals surface area (Å²) in [7, 11) is 0. The summed E-state index contributed by atoms with van der Waals surface area (Å²) in [6.45, 7) is 10.2. The Morgan fingerprint density at radius 1 is 1.08 bits per heavy atom. The summed E-state index contributed by atoms with van der Waals surface area (Å²) >= 11 is 0. The molecule has 3 fully saturated rings. The van der Waals surface area contributed by atoms with Gasteiger partial charge in [0.15, 0.2) is 5.79 Å². The fourth-order valence-corrected chi connectivity index (χ4v) is 5.15. The smallest absolute Gasteiger partial charge is 0.170 e. The van der Waals surface area contributed by atoms with Gasteiger partial charge in [0, 0.05) is 19.3 Å². The first-order chi connectivity index (χ1) is 11.7. The van der Waals surface area contributed by atoms with Gasteiger partial charge < -0.3 is 19.3 Å². The van der Waals surface area contributed by atoms with Crippen LogP contribution in [0.3, 0.4) is 0 Å². The minimum absolute atomic E-state index is 0.0296. The Labute approximate surface area is 151 Å². The third kappa shape index (κ3) is 3.80. The van der Waals surface area contributed by atoms with Crippen molar-refractivity contribution in [2.24, 2.45) is 17.8 Å². The van der Waals surface area contributed by atoms with Crippen LogP contribution in [0, 0.1) is 17.8 Å². The van der Waals surface area contributed by atoms with E-state index in [2.05, 4.69) is 20.8 Å². The molecular formula is C20H34O5. The van der Waals surface area contributed by atoms with E-state index in [9.17, 15) is 9.90 Å². The van der Waals surface area contributed by atoms with Crippen LogP contribution in [-0.4, -0.2) is 47.2 Å². The predicted molar refractivity (Wildman–Crippen MR) is 94.1 cm³/mol. The largest absolute Gasteiger partial charge is 0.390 e. The van der Waals surface area contributed by atoms with E-state index in [1.165, 1.54) is 0 Å². The van der Waals surface area contributed by atoms with Gasteiger partial charge in [0.2, 0.25) is 0 Å². The highest BCUT2D eigenvalue weighted by Gasteiger charge is 2.54. The van der Waals surface area contributed by atoms with Gasteiger partial charge in [-0.05, 0) is 37.5 Å². The molecule has 0 radical (unpaired) electrons. The number of hydrogen-bond donors (Lipinski definition) is 1. The Balaban J connectivity index is 1.77. The monoisotopic (exact) mass is 354 g/mol. The summed E-state index contributed by atoms with van der Waals surface area (Å²) < 4.78 is 19.1. The lowest BCUT2D eigenvalue weighted by atomic mass is 9.77. The Morgan fingerprint density at radius 2 is 1.76 bits per heavy atom. The summed E-state index contributed by atoms with van der Waals surface area (Å²) in [5.41, 5.74) is 0. The Bertz CT molecular complexity index is 494. The number of fused-ring (bicyclic) bond motifs is 1. The molecule has 9 atom stereocenters. The number of Topliss-reactive ketones (excluding diaryl/α,β-unsaturated/α-hetero) is 1. The lowest BCUT2D eigenvalue weighted by Gasteiger charge is -2.55. The van der Waals surface area contributed by atoms with Crippen molar-refractivity contribution in [3.8, 4) is 0 Å². The molecule has 5 heteroatoms. The van der Waals surface area contributed by atoms with Crippen LogP contribution in [0.4, 0.5) is 0 Å². The van der Waals surface area contributed by atoms with Crippen molar-refractivity contribution in [2.45, 2.75) is 103 Å². The molecule has 0 aliphatic carbocycles. The predicted octanol–water partition coefficient (Wildman–Crippen LogP) is 3.08. The number of aliphatic hydroxyl groups is 1. The highest BCUT2D eigenvalue weighted by molar-refractivity contribution is 5.76. The van der Waals surface area contributed by atoms with Crippen molar-refractivity contribution in [3.05, 3.63) is 0 Å². The zero-order chi connectivity index (χ0) is 18.4. The van der Waals surface area contributed by atoms with E-state index in [1.807, 2.05) is 6.92 Å². The topological polar surface area (TPSA) is 65.0 Å². The number of hydrogen-bond acceptors (Lipinski definition) is 5. The van der Waals surface area contributed by atoms with E-state index in [0.29, 0.717) is 24.4 Å². The quantitative estimate of drug-likeness (QED) is 0.844. The van der Waals surface area contributed by atoms with E-state index < -0.39 is 18.0 Å². The van der Waals surface area contributed by atoms with Gasteiger partial charge in [-0.3, -0.25) is 4.79 Å². The fourth-order valence-electron chi connectivity index (χ4n) is 5.15. The van der Waals surface area contributed by atoms with E-state index in [-0.39, 0.29) is 30.3 Å². The van der Waals surface area contributed by atoms with Crippen molar-refractivity contribution in [2.75, 3.05) is 0 Å². The first kappa shape index (κ1) is 19.3. The van der Waals surface area contributed by atoms with Crippen molar-refractivity contribution in [1.29, 1.82) is 0 Å². The van der Waals surface area contributed by atoms with Crippen LogP contribution >= 0.6 is 0 Å². The van der Waals surface area contributed by atoms with Crippen LogP contribution in [0.2, 0.25) is 0 Å². The summed E-state index contributed by atoms with van der Waals surface area (Å²) in [6.07, 6.45) is 3.03. The van der Waals surface area contributed by atoms with E-state index in [0.717, 1.165) is 19.3 Å². The Hall–Kier alpha value is -0.490. The van der Waals surface area contributed by atoms with E-state index in [4.69, 9.17) is 14.2 Å². The molecule has 3 aliphatic heterocycles. The van der Waals surface area contributed by atoms with Gasteiger partial charge >= 0.3 is 0 Å². The van der Waals surface area contributed by atoms with Crippen LogP contribution in [-0.2, 0) is 19.0 Å². The molecule has 0 aromatic carbocycles. The van der Waals surface area contributed by atoms with Crippen LogP contribution in [0.5, 0.6) is 0 Å². The van der Waals surface area contributed by atoms with E-state index >= 15 is 0 Å². The Morgan fingerprint density at radius 3 is 2.40 bits per heavy atom. The number of ketones is 1. The molecule has 1 spiro atoms. The van der Waals surface area contributed by atoms with Gasteiger partial charge in [-0.2, -0.15) is 0 Å². The summed E-state index contributed by atoms with van der Waals surface area (Å²) in [6, 6.07) is 0. The van der Waals surface area contributed by atoms with Crippen LogP contribution in [0.15, 0.2) is 0 Å². The molecule has 144 valence electrons. The fraction of sp³-hybridized carbons (Fsp3) is 0.950. The van der Waals surface area contributed by atoms with Gasteiger partial charge in [-0.25, -0.2) is 0 Å². The van der Waals surface area contributed by atoms with Gasteiger partial charge in [-0.1, -0.05) is 27.7 Å². The maximum atomic E-state index is 11.6. The first-order valence-electron chi connectivity index (χ1n) is 9.93. The number of ether oxygens (including phenoxy) is 3. The molecule has 1 N–H and O–H groups in total. The number of aliphatic hydroxyl groups excluding tert-OH is 1. The maximum absolute atomic E-state index is 11.6. The second-order valence-corrected chi connectivity index (χ2v) is 8.74. The molecule has 25 heavy (non-hydrogen) atoms. The molecule has 3 rings (SSSR count). The zero-order valence-corrected chi connectivity index (χ0v) is 16.2. The molecule has 0 amide bonds. The molecule has 0 bridgehead atoms. The third-order valence-corrected chi connectivity index (χ3v) is 6.35. The normalized spacial score (nSPS) is 50.5. The van der Waals surface area contributed by atoms with E-state index in [1.54, 1.807) is 6.92 Å². The van der Waals surface area contributed by atoms with Gasteiger partial charge in [0.1, 0.15) is 5.78 Å². The lowest BCUT2D eigenvalue weighted by molar-refractivity contribution is -0.372. The SMILES string of the molecule is CC[C@H]1O[C@@H]2[C@H](C[C@H]1C)O[C@]1(C[C@H](C)[C@H](O)[C@H](CC(C)=O)O1)C[C@@H]2C. The first-order valence-corrected chi connectivity index (χ1v) is 9.93. The highest BCUT2D eigenvalue weighted by Crippen LogP contribution is 2.48. The van der Waals surface area contributed by atoms with Crippen molar-refractivity contribution < 1.29 is 24.1 Å². The van der Waals surface area contributed by atoms with Crippen LogP contribution in [0.25, 0.3) is 0 Å². The molecule has 3 heterocycles. The minimum atomic E-state index is -0.693. The molecule has 0 unspecified atom stereocenters. The molecule has 0 saturated carbocycles. The molecule has 5 nitrogen and oxygen atoms in total. The van der Waals surface area contributed by atoms with Crippen LogP contribution < -0.4 is 0 Å². The second-order valence-electron chi connectivity index (χ2n) is 8.74. The maximum Gasteiger partial charge on any atom is 0.170 e. The average Bonchev–Trinajstić information content (AvgIpc) is 2.51.